The maximum Gasteiger partial charge on any atom is 0.308 e. The molecule has 0 aromatic heterocycles. The summed E-state index contributed by atoms with van der Waals surface area (Å²) in [7, 11) is 0. The molecule has 0 saturated carbocycles. The molecule has 0 amide bonds. The number of benzene rings is 4. The lowest BCUT2D eigenvalue weighted by Gasteiger charge is -2.16. The van der Waals surface area contributed by atoms with Crippen molar-refractivity contribution in [3.8, 4) is 11.5 Å². The van der Waals surface area contributed by atoms with E-state index in [9.17, 15) is 9.59 Å². The first-order valence-corrected chi connectivity index (χ1v) is 9.60. The first-order valence-electron chi connectivity index (χ1n) is 8.81. The van der Waals surface area contributed by atoms with Crippen molar-refractivity contribution in [3.05, 3.63) is 58.6 Å². The molecule has 4 nitrogen and oxygen atoms in total. The van der Waals surface area contributed by atoms with Crippen LogP contribution in [0.25, 0.3) is 32.3 Å². The molecule has 0 aliphatic heterocycles. The molecule has 0 bridgehead atoms. The van der Waals surface area contributed by atoms with Crippen molar-refractivity contribution < 1.29 is 19.1 Å². The normalized spacial score (nSPS) is 11.1. The molecule has 0 saturated heterocycles. The summed E-state index contributed by atoms with van der Waals surface area (Å²) < 4.78 is 11.5. The van der Waals surface area contributed by atoms with Crippen LogP contribution in [0.15, 0.2) is 53.0 Å². The predicted molar refractivity (Wildman–Crippen MR) is 114 cm³/mol. The second-order valence-electron chi connectivity index (χ2n) is 6.68. The third-order valence-electron chi connectivity index (χ3n) is 4.78. The third-order valence-corrected chi connectivity index (χ3v) is 5.40. The van der Waals surface area contributed by atoms with Gasteiger partial charge in [-0.2, -0.15) is 0 Å². The number of halogens is 1. The maximum atomic E-state index is 11.7. The number of rotatable bonds is 2. The molecule has 28 heavy (non-hydrogen) atoms. The Morgan fingerprint density at radius 3 is 2.21 bits per heavy atom. The van der Waals surface area contributed by atoms with Gasteiger partial charge in [0.05, 0.1) is 0 Å². The minimum absolute atomic E-state index is 0.207. The zero-order chi connectivity index (χ0) is 20.0. The minimum Gasteiger partial charge on any atom is -0.423 e. The van der Waals surface area contributed by atoms with Gasteiger partial charge in [-0.3, -0.25) is 9.59 Å². The van der Waals surface area contributed by atoms with E-state index in [2.05, 4.69) is 41.1 Å². The number of carbonyl (C=O) groups excluding carboxylic acids is 2. The highest BCUT2D eigenvalue weighted by molar-refractivity contribution is 9.10. The van der Waals surface area contributed by atoms with Crippen molar-refractivity contribution in [1.82, 2.24) is 0 Å². The molecule has 5 heteroatoms. The van der Waals surface area contributed by atoms with Gasteiger partial charge in [0.1, 0.15) is 0 Å². The van der Waals surface area contributed by atoms with Crippen LogP contribution in [0.2, 0.25) is 0 Å². The lowest BCUT2D eigenvalue weighted by Crippen LogP contribution is -2.08. The van der Waals surface area contributed by atoms with Gasteiger partial charge in [-0.25, -0.2) is 0 Å². The van der Waals surface area contributed by atoms with E-state index in [1.54, 1.807) is 6.07 Å². The minimum atomic E-state index is -0.484. The Hall–Kier alpha value is -2.92. The fourth-order valence-electron chi connectivity index (χ4n) is 3.67. The lowest BCUT2D eigenvalue weighted by atomic mass is 9.94. The quantitative estimate of drug-likeness (QED) is 0.165. The molecule has 4 rings (SSSR count). The summed E-state index contributed by atoms with van der Waals surface area (Å²) in [5, 5.41) is 6.07. The highest BCUT2D eigenvalue weighted by atomic mass is 79.9. The summed E-state index contributed by atoms with van der Waals surface area (Å²) in [6, 6.07) is 15.9. The molecule has 0 atom stereocenters. The molecule has 0 fully saturated rings. The summed E-state index contributed by atoms with van der Waals surface area (Å²) in [5.41, 5.74) is 1.18. The number of hydrogen-bond donors (Lipinski definition) is 0. The second kappa shape index (κ2) is 6.91. The smallest absolute Gasteiger partial charge is 0.308 e. The van der Waals surface area contributed by atoms with Crippen molar-refractivity contribution in [1.29, 1.82) is 0 Å². The van der Waals surface area contributed by atoms with E-state index in [4.69, 9.17) is 9.47 Å². The Bertz CT molecular complexity index is 1290. The molecule has 4 aromatic rings. The van der Waals surface area contributed by atoms with Gasteiger partial charge in [0.2, 0.25) is 0 Å². The number of aryl methyl sites for hydroxylation is 1. The van der Waals surface area contributed by atoms with Gasteiger partial charge in [0.15, 0.2) is 11.5 Å². The van der Waals surface area contributed by atoms with Crippen molar-refractivity contribution >= 4 is 60.2 Å². The zero-order valence-corrected chi connectivity index (χ0v) is 17.2. The Balaban J connectivity index is 2.16. The zero-order valence-electron chi connectivity index (χ0n) is 15.6. The van der Waals surface area contributed by atoms with Crippen LogP contribution in [0, 0.1) is 6.92 Å². The predicted octanol–water partition coefficient (Wildman–Crippen LogP) is 6.07. The molecule has 0 unspecified atom stereocenters. The standard InChI is InChI=1S/C23H17BrO4/c1-12-16-7-5-4-6-15(16)10-19-17(12)8-9-18-22(19)20(24)11-21(27-13(2)25)23(18)28-14(3)26/h4-11H,1-3H3. The highest BCUT2D eigenvalue weighted by Crippen LogP contribution is 2.44. The number of carbonyl (C=O) groups is 2. The number of esters is 2. The highest BCUT2D eigenvalue weighted by Gasteiger charge is 2.19. The fourth-order valence-corrected chi connectivity index (χ4v) is 4.31. The van der Waals surface area contributed by atoms with E-state index in [1.807, 2.05) is 24.3 Å². The first kappa shape index (κ1) is 18.4. The van der Waals surface area contributed by atoms with Crippen molar-refractivity contribution in [3.63, 3.8) is 0 Å². The summed E-state index contributed by atoms with van der Waals surface area (Å²) in [4.78, 5) is 23.2. The summed E-state index contributed by atoms with van der Waals surface area (Å²) in [6.07, 6.45) is 0. The fraction of sp³-hybridized carbons (Fsp3) is 0.130. The largest absolute Gasteiger partial charge is 0.423 e. The number of ether oxygens (including phenoxy) is 2. The molecular weight excluding hydrogens is 420 g/mol. The Morgan fingerprint density at radius 1 is 0.821 bits per heavy atom. The van der Waals surface area contributed by atoms with Crippen molar-refractivity contribution in [2.75, 3.05) is 0 Å². The third kappa shape index (κ3) is 3.02. The molecule has 0 N–H and O–H groups in total. The number of hydrogen-bond acceptors (Lipinski definition) is 4. The topological polar surface area (TPSA) is 52.6 Å². The van der Waals surface area contributed by atoms with Crippen LogP contribution in [0.3, 0.4) is 0 Å². The van der Waals surface area contributed by atoms with Crippen LogP contribution in [-0.2, 0) is 9.59 Å². The summed E-state index contributed by atoms with van der Waals surface area (Å²) >= 11 is 3.62. The van der Waals surface area contributed by atoms with Gasteiger partial charge in [0.25, 0.3) is 0 Å². The van der Waals surface area contributed by atoms with Gasteiger partial charge >= 0.3 is 11.9 Å². The monoisotopic (exact) mass is 436 g/mol. The van der Waals surface area contributed by atoms with Crippen molar-refractivity contribution in [2.24, 2.45) is 0 Å². The SMILES string of the molecule is CC(=O)Oc1cc(Br)c2c(ccc3c(C)c4ccccc4cc32)c1OC(C)=O. The molecule has 4 aromatic carbocycles. The second-order valence-corrected chi connectivity index (χ2v) is 7.53. The molecule has 0 aliphatic rings. The Morgan fingerprint density at radius 2 is 1.50 bits per heavy atom. The van der Waals surface area contributed by atoms with E-state index in [0.29, 0.717) is 5.39 Å². The average Bonchev–Trinajstić information content (AvgIpc) is 2.63. The van der Waals surface area contributed by atoms with E-state index in [-0.39, 0.29) is 11.5 Å². The molecule has 140 valence electrons. The maximum absolute atomic E-state index is 11.7. The summed E-state index contributed by atoms with van der Waals surface area (Å²) in [6.45, 7) is 4.74. The summed E-state index contributed by atoms with van der Waals surface area (Å²) in [5.74, 6) is -0.512. The van der Waals surface area contributed by atoms with Crippen LogP contribution in [0.1, 0.15) is 19.4 Å². The first-order chi connectivity index (χ1) is 13.4. The molecule has 0 spiro atoms. The Kier molecular flexibility index (Phi) is 4.55. The van der Waals surface area contributed by atoms with E-state index < -0.39 is 11.9 Å². The van der Waals surface area contributed by atoms with Gasteiger partial charge in [0, 0.05) is 29.1 Å². The van der Waals surface area contributed by atoms with Crippen LogP contribution >= 0.6 is 15.9 Å². The van der Waals surface area contributed by atoms with Crippen molar-refractivity contribution in [2.45, 2.75) is 20.8 Å². The van der Waals surface area contributed by atoms with Crippen LogP contribution in [0.5, 0.6) is 11.5 Å². The van der Waals surface area contributed by atoms with Crippen LogP contribution in [-0.4, -0.2) is 11.9 Å². The van der Waals surface area contributed by atoms with Gasteiger partial charge in [-0.15, -0.1) is 0 Å². The van der Waals surface area contributed by atoms with Gasteiger partial charge in [-0.05, 0) is 68.2 Å². The van der Waals surface area contributed by atoms with E-state index in [1.165, 1.54) is 24.8 Å². The Labute approximate surface area is 170 Å². The van der Waals surface area contributed by atoms with Gasteiger partial charge < -0.3 is 9.47 Å². The van der Waals surface area contributed by atoms with E-state index >= 15 is 0 Å². The van der Waals surface area contributed by atoms with E-state index in [0.717, 1.165) is 26.0 Å². The van der Waals surface area contributed by atoms with Crippen LogP contribution < -0.4 is 9.47 Å². The molecular formula is C23H17BrO4. The molecule has 0 radical (unpaired) electrons. The van der Waals surface area contributed by atoms with Crippen LogP contribution in [0.4, 0.5) is 0 Å². The average molecular weight is 437 g/mol. The molecule has 0 aliphatic carbocycles. The lowest BCUT2D eigenvalue weighted by molar-refractivity contribution is -0.134. The number of fused-ring (bicyclic) bond motifs is 4. The van der Waals surface area contributed by atoms with Gasteiger partial charge in [-0.1, -0.05) is 30.3 Å². The molecule has 0 heterocycles.